The van der Waals surface area contributed by atoms with E-state index in [-0.39, 0.29) is 6.09 Å². The van der Waals surface area contributed by atoms with Crippen molar-refractivity contribution in [1.29, 1.82) is 0 Å². The van der Waals surface area contributed by atoms with Gasteiger partial charge in [-0.2, -0.15) is 0 Å². The molecular formula is C13H24N2O2. The molecule has 4 nitrogen and oxygen atoms in total. The molecule has 1 aliphatic carbocycles. The van der Waals surface area contributed by atoms with Crippen molar-refractivity contribution in [2.45, 2.75) is 51.7 Å². The normalized spacial score (nSPS) is 33.0. The number of carbonyl (C=O) groups excluding carboxylic acids is 1. The third-order valence-corrected chi connectivity index (χ3v) is 3.74. The summed E-state index contributed by atoms with van der Waals surface area (Å²) >= 11 is 0. The topological polar surface area (TPSA) is 50.4 Å². The van der Waals surface area contributed by atoms with Crippen LogP contribution in [0.15, 0.2) is 0 Å². The highest BCUT2D eigenvalue weighted by atomic mass is 16.6. The van der Waals surface area contributed by atoms with E-state index in [9.17, 15) is 4.79 Å². The van der Waals surface area contributed by atoms with E-state index in [1.54, 1.807) is 0 Å². The fourth-order valence-electron chi connectivity index (χ4n) is 3.01. The van der Waals surface area contributed by atoms with Crippen LogP contribution in [0.3, 0.4) is 0 Å². The Morgan fingerprint density at radius 1 is 1.29 bits per heavy atom. The molecule has 2 rings (SSSR count). The zero-order valence-corrected chi connectivity index (χ0v) is 11.1. The highest BCUT2D eigenvalue weighted by molar-refractivity contribution is 5.68. The number of rotatable bonds is 1. The summed E-state index contributed by atoms with van der Waals surface area (Å²) in [5, 5.41) is 6.45. The van der Waals surface area contributed by atoms with Gasteiger partial charge in [-0.05, 0) is 58.4 Å². The van der Waals surface area contributed by atoms with Gasteiger partial charge in [0.05, 0.1) is 0 Å². The summed E-state index contributed by atoms with van der Waals surface area (Å²) in [6.45, 7) is 7.84. The molecule has 2 N–H and O–H groups in total. The highest BCUT2D eigenvalue weighted by Crippen LogP contribution is 2.35. The van der Waals surface area contributed by atoms with E-state index >= 15 is 0 Å². The van der Waals surface area contributed by atoms with Crippen LogP contribution in [0.4, 0.5) is 4.79 Å². The van der Waals surface area contributed by atoms with Crippen LogP contribution in [-0.4, -0.2) is 30.8 Å². The summed E-state index contributed by atoms with van der Waals surface area (Å²) in [5.41, 5.74) is -0.410. The van der Waals surface area contributed by atoms with Gasteiger partial charge in [0.25, 0.3) is 0 Å². The number of ether oxygens (including phenoxy) is 1. The molecule has 2 aliphatic rings. The molecule has 0 aromatic heterocycles. The first-order valence-corrected chi connectivity index (χ1v) is 6.66. The van der Waals surface area contributed by atoms with Crippen LogP contribution in [0.2, 0.25) is 0 Å². The van der Waals surface area contributed by atoms with E-state index < -0.39 is 5.60 Å². The van der Waals surface area contributed by atoms with Crippen molar-refractivity contribution in [2.24, 2.45) is 11.8 Å². The van der Waals surface area contributed by atoms with E-state index in [0.29, 0.717) is 12.0 Å². The van der Waals surface area contributed by atoms with Gasteiger partial charge in [-0.25, -0.2) is 4.79 Å². The molecule has 17 heavy (non-hydrogen) atoms. The maximum Gasteiger partial charge on any atom is 0.407 e. The lowest BCUT2D eigenvalue weighted by Gasteiger charge is -2.30. The number of alkyl carbamates (subject to hydrolysis) is 1. The average Bonchev–Trinajstić information content (AvgIpc) is 2.59. The third-order valence-electron chi connectivity index (χ3n) is 3.74. The summed E-state index contributed by atoms with van der Waals surface area (Å²) < 4.78 is 5.31. The van der Waals surface area contributed by atoms with Crippen LogP contribution in [0.5, 0.6) is 0 Å². The standard InChI is InChI=1S/C13H24N2O2/c1-13(2,3)17-12(16)15-11-5-4-9-6-7-14-8-10(9)11/h9-11,14H,4-8H2,1-3H3,(H,15,16)/t9-,10+,11-/m0/s1. The number of hydrogen-bond acceptors (Lipinski definition) is 3. The minimum atomic E-state index is -0.410. The molecule has 0 aromatic rings. The maximum atomic E-state index is 11.7. The molecule has 0 unspecified atom stereocenters. The summed E-state index contributed by atoms with van der Waals surface area (Å²) in [5.74, 6) is 1.38. The molecule has 1 saturated carbocycles. The molecule has 0 aromatic carbocycles. The molecule has 4 heteroatoms. The summed E-state index contributed by atoms with van der Waals surface area (Å²) in [6.07, 6.45) is 3.31. The van der Waals surface area contributed by atoms with Crippen molar-refractivity contribution in [1.82, 2.24) is 10.6 Å². The highest BCUT2D eigenvalue weighted by Gasteiger charge is 2.38. The zero-order valence-electron chi connectivity index (χ0n) is 11.1. The molecule has 0 radical (unpaired) electrons. The van der Waals surface area contributed by atoms with E-state index in [4.69, 9.17) is 4.74 Å². The minimum absolute atomic E-state index is 0.270. The van der Waals surface area contributed by atoms with Crippen molar-refractivity contribution in [3.63, 3.8) is 0 Å². The molecule has 1 amide bonds. The Morgan fingerprint density at radius 3 is 2.76 bits per heavy atom. The van der Waals surface area contributed by atoms with Crippen LogP contribution in [0.1, 0.15) is 40.0 Å². The minimum Gasteiger partial charge on any atom is -0.444 e. The molecule has 1 heterocycles. The quantitative estimate of drug-likeness (QED) is 0.736. The van der Waals surface area contributed by atoms with Crippen LogP contribution >= 0.6 is 0 Å². The number of amides is 1. The van der Waals surface area contributed by atoms with E-state index in [1.807, 2.05) is 20.8 Å². The Morgan fingerprint density at radius 2 is 2.06 bits per heavy atom. The number of carbonyl (C=O) groups is 1. The lowest BCUT2D eigenvalue weighted by molar-refractivity contribution is 0.0486. The Hall–Kier alpha value is -0.770. The Kier molecular flexibility index (Phi) is 3.61. The monoisotopic (exact) mass is 240 g/mol. The summed E-state index contributed by atoms with van der Waals surface area (Å²) in [4.78, 5) is 11.7. The third kappa shape index (κ3) is 3.35. The van der Waals surface area contributed by atoms with Gasteiger partial charge in [-0.15, -0.1) is 0 Å². The van der Waals surface area contributed by atoms with Gasteiger partial charge in [0.2, 0.25) is 0 Å². The van der Waals surface area contributed by atoms with Gasteiger partial charge in [-0.3, -0.25) is 0 Å². The van der Waals surface area contributed by atoms with Crippen molar-refractivity contribution in [3.8, 4) is 0 Å². The molecule has 3 atom stereocenters. The van der Waals surface area contributed by atoms with Gasteiger partial charge >= 0.3 is 6.09 Å². The predicted molar refractivity (Wildman–Crippen MR) is 66.9 cm³/mol. The molecule has 2 fully saturated rings. The second-order valence-electron chi connectivity index (χ2n) is 6.25. The van der Waals surface area contributed by atoms with Crippen molar-refractivity contribution >= 4 is 6.09 Å². The Bertz CT molecular complexity index is 286. The number of piperidine rings is 1. The first-order chi connectivity index (χ1) is 7.96. The van der Waals surface area contributed by atoms with Crippen LogP contribution in [-0.2, 0) is 4.74 Å². The largest absolute Gasteiger partial charge is 0.444 e. The second-order valence-corrected chi connectivity index (χ2v) is 6.25. The van der Waals surface area contributed by atoms with Gasteiger partial charge in [-0.1, -0.05) is 0 Å². The lowest BCUT2D eigenvalue weighted by atomic mass is 9.88. The van der Waals surface area contributed by atoms with Crippen LogP contribution < -0.4 is 10.6 Å². The summed E-state index contributed by atoms with van der Waals surface area (Å²) in [7, 11) is 0. The van der Waals surface area contributed by atoms with Gasteiger partial charge < -0.3 is 15.4 Å². The SMILES string of the molecule is CC(C)(C)OC(=O)N[C@H]1CC[C@H]2CCNC[C@H]21. The van der Waals surface area contributed by atoms with Crippen molar-refractivity contribution in [2.75, 3.05) is 13.1 Å². The van der Waals surface area contributed by atoms with Gasteiger partial charge in [0.15, 0.2) is 0 Å². The smallest absolute Gasteiger partial charge is 0.407 e. The predicted octanol–water partition coefficient (Wildman–Crippen LogP) is 1.90. The number of fused-ring (bicyclic) bond motifs is 1. The first kappa shape index (κ1) is 12.7. The maximum absolute atomic E-state index is 11.7. The Balaban J connectivity index is 1.85. The number of nitrogens with one attached hydrogen (secondary N) is 2. The van der Waals surface area contributed by atoms with E-state index in [2.05, 4.69) is 10.6 Å². The molecule has 0 bridgehead atoms. The fourth-order valence-corrected chi connectivity index (χ4v) is 3.01. The van der Waals surface area contributed by atoms with Crippen molar-refractivity contribution < 1.29 is 9.53 Å². The molecule has 1 aliphatic heterocycles. The lowest BCUT2D eigenvalue weighted by Crippen LogP contribution is -2.46. The molecule has 1 saturated heterocycles. The fraction of sp³-hybridized carbons (Fsp3) is 0.923. The van der Waals surface area contributed by atoms with Gasteiger partial charge in [0, 0.05) is 12.6 Å². The molecule has 98 valence electrons. The Labute approximate surface area is 103 Å². The van der Waals surface area contributed by atoms with E-state index in [0.717, 1.165) is 25.4 Å². The van der Waals surface area contributed by atoms with Gasteiger partial charge in [0.1, 0.15) is 5.60 Å². The number of hydrogen-bond donors (Lipinski definition) is 2. The first-order valence-electron chi connectivity index (χ1n) is 6.66. The zero-order chi connectivity index (χ0) is 12.5. The molecular weight excluding hydrogens is 216 g/mol. The molecule has 0 spiro atoms. The average molecular weight is 240 g/mol. The van der Waals surface area contributed by atoms with Crippen LogP contribution in [0, 0.1) is 11.8 Å². The van der Waals surface area contributed by atoms with Crippen LogP contribution in [0.25, 0.3) is 0 Å². The summed E-state index contributed by atoms with van der Waals surface area (Å²) in [6, 6.07) is 0.294. The van der Waals surface area contributed by atoms with Crippen molar-refractivity contribution in [3.05, 3.63) is 0 Å². The second kappa shape index (κ2) is 4.84. The van der Waals surface area contributed by atoms with E-state index in [1.165, 1.54) is 12.8 Å².